The molecule has 9 heavy (non-hydrogen) atoms. The second-order valence-electron chi connectivity index (χ2n) is 1.85. The highest BCUT2D eigenvalue weighted by Gasteiger charge is 1.90. The normalized spacial score (nSPS) is 10.2. The summed E-state index contributed by atoms with van der Waals surface area (Å²) in [7, 11) is 0. The van der Waals surface area contributed by atoms with E-state index in [0.717, 1.165) is 10.9 Å². The van der Waals surface area contributed by atoms with Crippen LogP contribution >= 0.6 is 0 Å². The van der Waals surface area contributed by atoms with Crippen LogP contribution < -0.4 is 0 Å². The molecule has 0 spiro atoms. The monoisotopic (exact) mass is 119 g/mol. The number of aromatic nitrogens is 1. The van der Waals surface area contributed by atoms with Crippen LogP contribution in [0.2, 0.25) is 0 Å². The van der Waals surface area contributed by atoms with E-state index >= 15 is 0 Å². The van der Waals surface area contributed by atoms with Crippen LogP contribution in [-0.2, 0) is 0 Å². The zero-order valence-corrected chi connectivity index (χ0v) is 4.74. The van der Waals surface area contributed by atoms with Gasteiger partial charge in [0.2, 0.25) is 0 Å². The zero-order chi connectivity index (χ0) is 6.10. The first kappa shape index (κ1) is 4.56. The molecular weight excluding hydrogens is 114 g/mol. The Kier molecular flexibility index (Phi) is 0.803. The Morgan fingerprint density at radius 1 is 1.33 bits per heavy atom. The SMILES string of the molecule is c1cnc2cocc2c1. The number of fused-ring (bicyclic) bond motifs is 1. The Labute approximate surface area is 52.1 Å². The third-order valence-corrected chi connectivity index (χ3v) is 1.25. The molecule has 0 aliphatic carbocycles. The minimum Gasteiger partial charge on any atom is -0.470 e. The van der Waals surface area contributed by atoms with Crippen molar-refractivity contribution in [2.75, 3.05) is 0 Å². The van der Waals surface area contributed by atoms with Crippen LogP contribution in [0.5, 0.6) is 0 Å². The highest BCUT2D eigenvalue weighted by atomic mass is 16.3. The van der Waals surface area contributed by atoms with Crippen LogP contribution in [0, 0.1) is 0 Å². The van der Waals surface area contributed by atoms with Crippen molar-refractivity contribution in [1.29, 1.82) is 0 Å². The highest BCUT2D eigenvalue weighted by molar-refractivity contribution is 5.76. The summed E-state index contributed by atoms with van der Waals surface area (Å²) in [6.45, 7) is 0. The third kappa shape index (κ3) is 0.598. The Morgan fingerprint density at radius 3 is 3.22 bits per heavy atom. The van der Waals surface area contributed by atoms with E-state index in [1.165, 1.54) is 0 Å². The van der Waals surface area contributed by atoms with Gasteiger partial charge in [-0.05, 0) is 12.1 Å². The summed E-state index contributed by atoms with van der Waals surface area (Å²) in [6, 6.07) is 3.85. The molecule has 0 unspecified atom stereocenters. The highest BCUT2D eigenvalue weighted by Crippen LogP contribution is 2.09. The van der Waals surface area contributed by atoms with Gasteiger partial charge in [0.1, 0.15) is 11.8 Å². The van der Waals surface area contributed by atoms with Gasteiger partial charge in [0.25, 0.3) is 0 Å². The molecule has 0 bridgehead atoms. The Balaban J connectivity index is 2.95. The molecule has 0 aliphatic rings. The quantitative estimate of drug-likeness (QED) is 0.528. The first-order valence-electron chi connectivity index (χ1n) is 2.74. The minimum absolute atomic E-state index is 0.914. The van der Waals surface area contributed by atoms with E-state index in [1.807, 2.05) is 12.1 Å². The van der Waals surface area contributed by atoms with E-state index in [2.05, 4.69) is 4.98 Å². The molecule has 2 heteroatoms. The van der Waals surface area contributed by atoms with Gasteiger partial charge >= 0.3 is 0 Å². The number of pyridine rings is 1. The molecule has 44 valence electrons. The first-order chi connectivity index (χ1) is 4.47. The fraction of sp³-hybridized carbons (Fsp3) is 0. The third-order valence-electron chi connectivity index (χ3n) is 1.25. The molecule has 0 atom stereocenters. The summed E-state index contributed by atoms with van der Waals surface area (Å²) in [4.78, 5) is 4.05. The number of hydrogen-bond acceptors (Lipinski definition) is 2. The molecule has 0 aliphatic heterocycles. The maximum atomic E-state index is 4.90. The first-order valence-corrected chi connectivity index (χ1v) is 2.74. The average Bonchev–Trinajstić information content (AvgIpc) is 2.33. The molecule has 0 saturated carbocycles. The molecule has 0 amide bonds. The number of hydrogen-bond donors (Lipinski definition) is 0. The molecule has 0 fully saturated rings. The molecule has 0 radical (unpaired) electrons. The number of nitrogens with zero attached hydrogens (tertiary/aromatic N) is 1. The van der Waals surface area contributed by atoms with Crippen LogP contribution in [0.4, 0.5) is 0 Å². The number of furan rings is 1. The number of rotatable bonds is 0. The summed E-state index contributed by atoms with van der Waals surface area (Å²) in [5.74, 6) is 0. The van der Waals surface area contributed by atoms with Crippen molar-refractivity contribution in [2.45, 2.75) is 0 Å². The standard InChI is InChI=1S/C7H5NO/c1-2-6-4-9-5-7(6)8-3-1/h1-5H. The lowest BCUT2D eigenvalue weighted by molar-refractivity contribution is 0.572. The van der Waals surface area contributed by atoms with Crippen molar-refractivity contribution in [1.82, 2.24) is 4.98 Å². The van der Waals surface area contributed by atoms with Gasteiger partial charge in [-0.2, -0.15) is 0 Å². The van der Waals surface area contributed by atoms with E-state index in [1.54, 1.807) is 18.7 Å². The molecule has 0 N–H and O–H groups in total. The van der Waals surface area contributed by atoms with Crippen molar-refractivity contribution >= 4 is 10.9 Å². The average molecular weight is 119 g/mol. The van der Waals surface area contributed by atoms with E-state index in [4.69, 9.17) is 4.42 Å². The topological polar surface area (TPSA) is 26.0 Å². The summed E-state index contributed by atoms with van der Waals surface area (Å²) in [5.41, 5.74) is 0.914. The smallest absolute Gasteiger partial charge is 0.117 e. The Bertz CT molecular complexity index is 283. The lowest BCUT2D eigenvalue weighted by Crippen LogP contribution is -1.66. The second-order valence-corrected chi connectivity index (χ2v) is 1.85. The van der Waals surface area contributed by atoms with Crippen LogP contribution in [0.3, 0.4) is 0 Å². The maximum absolute atomic E-state index is 4.90. The molecule has 2 nitrogen and oxygen atoms in total. The van der Waals surface area contributed by atoms with Gasteiger partial charge in [-0.25, -0.2) is 0 Å². The van der Waals surface area contributed by atoms with Gasteiger partial charge in [-0.3, -0.25) is 4.98 Å². The molecule has 2 aromatic rings. The van der Waals surface area contributed by atoms with E-state index in [-0.39, 0.29) is 0 Å². The van der Waals surface area contributed by atoms with E-state index < -0.39 is 0 Å². The summed E-state index contributed by atoms with van der Waals surface area (Å²) in [5, 5.41) is 1.05. The summed E-state index contributed by atoms with van der Waals surface area (Å²) in [6.07, 6.45) is 5.06. The summed E-state index contributed by atoms with van der Waals surface area (Å²) >= 11 is 0. The molecular formula is C7H5NO. The fourth-order valence-electron chi connectivity index (χ4n) is 0.800. The lowest BCUT2D eigenvalue weighted by Gasteiger charge is -1.79. The van der Waals surface area contributed by atoms with Crippen LogP contribution in [0.25, 0.3) is 10.9 Å². The molecule has 2 heterocycles. The Hall–Kier alpha value is -1.31. The van der Waals surface area contributed by atoms with E-state index in [0.29, 0.717) is 0 Å². The van der Waals surface area contributed by atoms with Gasteiger partial charge < -0.3 is 4.42 Å². The van der Waals surface area contributed by atoms with E-state index in [9.17, 15) is 0 Å². The van der Waals surface area contributed by atoms with Gasteiger partial charge in [0, 0.05) is 11.6 Å². The minimum atomic E-state index is 0.914. The predicted molar refractivity (Wildman–Crippen MR) is 34.0 cm³/mol. The van der Waals surface area contributed by atoms with Gasteiger partial charge in [0.15, 0.2) is 0 Å². The van der Waals surface area contributed by atoms with Gasteiger partial charge in [0.05, 0.1) is 6.26 Å². The van der Waals surface area contributed by atoms with Crippen molar-refractivity contribution < 1.29 is 4.42 Å². The second kappa shape index (κ2) is 1.58. The predicted octanol–water partition coefficient (Wildman–Crippen LogP) is 1.83. The van der Waals surface area contributed by atoms with Gasteiger partial charge in [-0.15, -0.1) is 0 Å². The van der Waals surface area contributed by atoms with Crippen molar-refractivity contribution in [3.8, 4) is 0 Å². The van der Waals surface area contributed by atoms with Gasteiger partial charge in [-0.1, -0.05) is 0 Å². The van der Waals surface area contributed by atoms with Crippen LogP contribution in [0.15, 0.2) is 35.3 Å². The van der Waals surface area contributed by atoms with Crippen LogP contribution in [0.1, 0.15) is 0 Å². The zero-order valence-electron chi connectivity index (χ0n) is 4.74. The largest absolute Gasteiger partial charge is 0.470 e. The van der Waals surface area contributed by atoms with Crippen molar-refractivity contribution in [3.63, 3.8) is 0 Å². The molecule has 0 saturated heterocycles. The summed E-state index contributed by atoms with van der Waals surface area (Å²) < 4.78 is 4.90. The molecule has 2 rings (SSSR count). The van der Waals surface area contributed by atoms with Crippen molar-refractivity contribution in [3.05, 3.63) is 30.9 Å². The maximum Gasteiger partial charge on any atom is 0.117 e. The van der Waals surface area contributed by atoms with Crippen LogP contribution in [-0.4, -0.2) is 4.98 Å². The lowest BCUT2D eigenvalue weighted by atomic mass is 10.3. The molecule has 2 aromatic heterocycles. The van der Waals surface area contributed by atoms with Crippen molar-refractivity contribution in [2.24, 2.45) is 0 Å². The fourth-order valence-corrected chi connectivity index (χ4v) is 0.800. The molecule has 0 aromatic carbocycles. The Morgan fingerprint density at radius 2 is 2.33 bits per heavy atom.